The maximum atomic E-state index is 13.1. The summed E-state index contributed by atoms with van der Waals surface area (Å²) in [6, 6.07) is 12.4. The first-order chi connectivity index (χ1) is 11.7. The third kappa shape index (κ3) is 4.19. The Morgan fingerprint density at radius 3 is 2.96 bits per heavy atom. The van der Waals surface area contributed by atoms with E-state index in [9.17, 15) is 9.18 Å². The Hall–Kier alpha value is -2.69. The number of nitrogens with one attached hydrogen (secondary N) is 1. The molecule has 124 valence electrons. The number of benzene rings is 1. The molecule has 24 heavy (non-hydrogen) atoms. The zero-order valence-electron chi connectivity index (χ0n) is 13.4. The molecule has 3 aromatic rings. The molecule has 1 amide bonds. The van der Waals surface area contributed by atoms with Gasteiger partial charge in [-0.2, -0.15) is 0 Å². The highest BCUT2D eigenvalue weighted by Gasteiger charge is 2.05. The number of hydrogen-bond acceptors (Lipinski definition) is 2. The summed E-state index contributed by atoms with van der Waals surface area (Å²) in [6.45, 7) is 0.615. The molecule has 0 spiro atoms. The Kier molecular flexibility index (Phi) is 5.21. The third-order valence-corrected chi connectivity index (χ3v) is 3.94. The molecule has 0 atom stereocenters. The Morgan fingerprint density at radius 1 is 1.17 bits per heavy atom. The molecule has 0 aliphatic carbocycles. The van der Waals surface area contributed by atoms with Gasteiger partial charge >= 0.3 is 0 Å². The standard InChI is InChI=1S/C19H20FN3O/c20-16-6-3-5-15(13-16)9-10-19(24)21-11-4-8-18-22-14-17-7-1-2-12-23(17)18/h1-3,5-7,12-14H,4,8-11H2,(H,21,24). The fourth-order valence-corrected chi connectivity index (χ4v) is 2.70. The van der Waals surface area contributed by atoms with Crippen molar-refractivity contribution in [1.82, 2.24) is 14.7 Å². The first kappa shape index (κ1) is 16.2. The van der Waals surface area contributed by atoms with Crippen molar-refractivity contribution < 1.29 is 9.18 Å². The molecule has 4 nitrogen and oxygen atoms in total. The van der Waals surface area contributed by atoms with Crippen LogP contribution in [0.2, 0.25) is 0 Å². The van der Waals surface area contributed by atoms with Gasteiger partial charge in [0.1, 0.15) is 11.6 Å². The van der Waals surface area contributed by atoms with Crippen LogP contribution >= 0.6 is 0 Å². The van der Waals surface area contributed by atoms with Crippen LogP contribution in [0, 0.1) is 5.82 Å². The topological polar surface area (TPSA) is 46.4 Å². The molecular formula is C19H20FN3O. The molecule has 0 saturated heterocycles. The van der Waals surface area contributed by atoms with Crippen molar-refractivity contribution in [3.05, 3.63) is 72.1 Å². The lowest BCUT2D eigenvalue weighted by atomic mass is 10.1. The smallest absolute Gasteiger partial charge is 0.220 e. The van der Waals surface area contributed by atoms with Crippen LogP contribution in [0.1, 0.15) is 24.2 Å². The highest BCUT2D eigenvalue weighted by atomic mass is 19.1. The molecule has 0 saturated carbocycles. The third-order valence-electron chi connectivity index (χ3n) is 3.94. The van der Waals surface area contributed by atoms with Gasteiger partial charge in [0, 0.05) is 25.6 Å². The zero-order valence-corrected chi connectivity index (χ0v) is 13.4. The van der Waals surface area contributed by atoms with Gasteiger partial charge in [0.2, 0.25) is 5.91 Å². The average molecular weight is 325 g/mol. The molecule has 0 fully saturated rings. The van der Waals surface area contributed by atoms with E-state index in [1.165, 1.54) is 12.1 Å². The van der Waals surface area contributed by atoms with Crippen LogP contribution < -0.4 is 5.32 Å². The number of aryl methyl sites for hydroxylation is 2. The van der Waals surface area contributed by atoms with Crippen molar-refractivity contribution >= 4 is 11.4 Å². The maximum Gasteiger partial charge on any atom is 0.220 e. The van der Waals surface area contributed by atoms with Crippen LogP contribution in [0.5, 0.6) is 0 Å². The van der Waals surface area contributed by atoms with Gasteiger partial charge in [0.05, 0.1) is 11.7 Å². The Morgan fingerprint density at radius 2 is 2.08 bits per heavy atom. The Labute approximate surface area is 140 Å². The number of amides is 1. The van der Waals surface area contributed by atoms with Crippen molar-refractivity contribution in [2.24, 2.45) is 0 Å². The van der Waals surface area contributed by atoms with E-state index in [-0.39, 0.29) is 11.7 Å². The average Bonchev–Trinajstić information content (AvgIpc) is 3.00. The largest absolute Gasteiger partial charge is 0.356 e. The Balaban J connectivity index is 1.39. The van der Waals surface area contributed by atoms with Gasteiger partial charge in [-0.3, -0.25) is 4.79 Å². The molecule has 5 heteroatoms. The van der Waals surface area contributed by atoms with E-state index in [4.69, 9.17) is 0 Å². The van der Waals surface area contributed by atoms with Gasteiger partial charge in [-0.05, 0) is 42.7 Å². The monoisotopic (exact) mass is 325 g/mol. The van der Waals surface area contributed by atoms with Crippen molar-refractivity contribution in [3.63, 3.8) is 0 Å². The van der Waals surface area contributed by atoms with Gasteiger partial charge in [0.25, 0.3) is 0 Å². The summed E-state index contributed by atoms with van der Waals surface area (Å²) in [4.78, 5) is 16.3. The summed E-state index contributed by atoms with van der Waals surface area (Å²) < 4.78 is 15.1. The quantitative estimate of drug-likeness (QED) is 0.678. The number of carbonyl (C=O) groups excluding carboxylic acids is 1. The summed E-state index contributed by atoms with van der Waals surface area (Å²) in [5.74, 6) is 0.728. The Bertz CT molecular complexity index is 828. The first-order valence-corrected chi connectivity index (χ1v) is 8.14. The highest BCUT2D eigenvalue weighted by molar-refractivity contribution is 5.76. The molecule has 1 aromatic carbocycles. The number of nitrogens with zero attached hydrogens (tertiary/aromatic N) is 2. The van der Waals surface area contributed by atoms with E-state index in [1.54, 1.807) is 6.07 Å². The number of fused-ring (bicyclic) bond motifs is 1. The molecule has 2 heterocycles. The fourth-order valence-electron chi connectivity index (χ4n) is 2.70. The van der Waals surface area contributed by atoms with Gasteiger partial charge in [0.15, 0.2) is 0 Å². The van der Waals surface area contributed by atoms with E-state index < -0.39 is 0 Å². The van der Waals surface area contributed by atoms with Crippen molar-refractivity contribution in [1.29, 1.82) is 0 Å². The van der Waals surface area contributed by atoms with Crippen LogP contribution in [0.3, 0.4) is 0 Å². The second-order valence-corrected chi connectivity index (χ2v) is 5.75. The van der Waals surface area contributed by atoms with E-state index in [2.05, 4.69) is 14.7 Å². The molecule has 0 bridgehead atoms. The van der Waals surface area contributed by atoms with E-state index >= 15 is 0 Å². The van der Waals surface area contributed by atoms with E-state index in [0.29, 0.717) is 19.4 Å². The van der Waals surface area contributed by atoms with Crippen molar-refractivity contribution in [3.8, 4) is 0 Å². The number of imidazole rings is 1. The minimum absolute atomic E-state index is 0.00719. The summed E-state index contributed by atoms with van der Waals surface area (Å²) in [5.41, 5.74) is 1.92. The van der Waals surface area contributed by atoms with Gasteiger partial charge in [-0.25, -0.2) is 9.37 Å². The molecule has 0 aliphatic rings. The van der Waals surface area contributed by atoms with Crippen LogP contribution in [-0.2, 0) is 17.6 Å². The summed E-state index contributed by atoms with van der Waals surface area (Å²) in [6.07, 6.45) is 6.41. The molecule has 0 aliphatic heterocycles. The van der Waals surface area contributed by atoms with Crippen LogP contribution in [-0.4, -0.2) is 21.8 Å². The summed E-state index contributed by atoms with van der Waals surface area (Å²) in [5, 5.41) is 2.91. The lowest BCUT2D eigenvalue weighted by molar-refractivity contribution is -0.121. The lowest BCUT2D eigenvalue weighted by Gasteiger charge is -2.06. The zero-order chi connectivity index (χ0) is 16.8. The molecule has 1 N–H and O–H groups in total. The molecule has 2 aromatic heterocycles. The number of hydrogen-bond donors (Lipinski definition) is 1. The second kappa shape index (κ2) is 7.73. The number of pyridine rings is 1. The number of aromatic nitrogens is 2. The number of carbonyl (C=O) groups is 1. The molecule has 0 unspecified atom stereocenters. The van der Waals surface area contributed by atoms with Crippen molar-refractivity contribution in [2.45, 2.75) is 25.7 Å². The predicted molar refractivity (Wildman–Crippen MR) is 91.2 cm³/mol. The SMILES string of the molecule is O=C(CCc1cccc(F)c1)NCCCc1ncc2ccccn12. The number of rotatable bonds is 7. The number of halogens is 1. The normalized spacial score (nSPS) is 10.9. The van der Waals surface area contributed by atoms with Gasteiger partial charge in [-0.1, -0.05) is 18.2 Å². The second-order valence-electron chi connectivity index (χ2n) is 5.75. The summed E-state index contributed by atoms with van der Waals surface area (Å²) >= 11 is 0. The van der Waals surface area contributed by atoms with Crippen molar-refractivity contribution in [2.75, 3.05) is 6.54 Å². The molecule has 0 radical (unpaired) electrons. The minimum atomic E-state index is -0.264. The maximum absolute atomic E-state index is 13.1. The lowest BCUT2D eigenvalue weighted by Crippen LogP contribution is -2.25. The summed E-state index contributed by atoms with van der Waals surface area (Å²) in [7, 11) is 0. The predicted octanol–water partition coefficient (Wildman–Crippen LogP) is 3.16. The fraction of sp³-hybridized carbons (Fsp3) is 0.263. The van der Waals surface area contributed by atoms with Crippen LogP contribution in [0.4, 0.5) is 4.39 Å². The van der Waals surface area contributed by atoms with E-state index in [0.717, 1.165) is 29.7 Å². The van der Waals surface area contributed by atoms with E-state index in [1.807, 2.05) is 36.7 Å². The van der Waals surface area contributed by atoms with Crippen LogP contribution in [0.25, 0.3) is 5.52 Å². The first-order valence-electron chi connectivity index (χ1n) is 8.14. The molecular weight excluding hydrogens is 305 g/mol. The van der Waals surface area contributed by atoms with Gasteiger partial charge < -0.3 is 9.72 Å². The molecule has 3 rings (SSSR count). The van der Waals surface area contributed by atoms with Gasteiger partial charge in [-0.15, -0.1) is 0 Å². The highest BCUT2D eigenvalue weighted by Crippen LogP contribution is 2.08. The van der Waals surface area contributed by atoms with Crippen LogP contribution in [0.15, 0.2) is 54.9 Å². The minimum Gasteiger partial charge on any atom is -0.356 e.